The van der Waals surface area contributed by atoms with Crippen molar-refractivity contribution in [1.29, 1.82) is 0 Å². The summed E-state index contributed by atoms with van der Waals surface area (Å²) in [4.78, 5) is 4.18. The number of aromatic nitrogens is 3. The molecule has 0 amide bonds. The summed E-state index contributed by atoms with van der Waals surface area (Å²) < 4.78 is 1.60. The van der Waals surface area contributed by atoms with Gasteiger partial charge in [-0.3, -0.25) is 0 Å². The predicted molar refractivity (Wildman–Crippen MR) is 55.3 cm³/mol. The lowest BCUT2D eigenvalue weighted by molar-refractivity contribution is 0.960. The molecular weight excluding hydrogens is 200 g/mol. The fraction of sp³-hybridized carbons (Fsp3) is 0.111. The summed E-state index contributed by atoms with van der Waals surface area (Å²) in [5.41, 5.74) is 0.730. The van der Waals surface area contributed by atoms with Crippen LogP contribution in [0.1, 0.15) is 0 Å². The molecule has 0 fully saturated rings. The molecule has 0 spiro atoms. The normalized spacial score (nSPS) is 10.0. The first kappa shape index (κ1) is 8.85. The van der Waals surface area contributed by atoms with E-state index in [1.165, 1.54) is 0 Å². The molecule has 0 bridgehead atoms. The first-order valence-electron chi connectivity index (χ1n) is 3.99. The van der Waals surface area contributed by atoms with Crippen LogP contribution in [0.3, 0.4) is 0 Å². The molecule has 0 aliphatic heterocycles. The Morgan fingerprint density at radius 1 is 1.57 bits per heavy atom. The van der Waals surface area contributed by atoms with Gasteiger partial charge in [0.1, 0.15) is 0 Å². The van der Waals surface area contributed by atoms with Gasteiger partial charge in [-0.25, -0.2) is 4.52 Å². The molecule has 14 heavy (non-hydrogen) atoms. The smallest absolute Gasteiger partial charge is 0.243 e. The summed E-state index contributed by atoms with van der Waals surface area (Å²) in [5.74, 6) is 2.95. The number of hydrogen-bond donors (Lipinski definition) is 1. The maximum Gasteiger partial charge on any atom is 0.243 e. The number of pyridine rings is 1. The molecule has 4 nitrogen and oxygen atoms in total. The van der Waals surface area contributed by atoms with Crippen LogP contribution in [0, 0.1) is 12.3 Å². The van der Waals surface area contributed by atoms with Gasteiger partial charge in [0.05, 0.1) is 11.6 Å². The Kier molecular flexibility index (Phi) is 2.25. The van der Waals surface area contributed by atoms with Crippen LogP contribution in [-0.4, -0.2) is 21.1 Å². The summed E-state index contributed by atoms with van der Waals surface area (Å²) in [6.45, 7) is 0.407. The largest absolute Gasteiger partial charge is 0.342 e. The van der Waals surface area contributed by atoms with Gasteiger partial charge in [-0.05, 0) is 12.1 Å². The van der Waals surface area contributed by atoms with E-state index in [0.717, 1.165) is 5.65 Å². The monoisotopic (exact) mass is 206 g/mol. The predicted octanol–water partition coefficient (Wildman–Crippen LogP) is 1.43. The van der Waals surface area contributed by atoms with Gasteiger partial charge in [-0.2, -0.15) is 4.98 Å². The first-order valence-corrected chi connectivity index (χ1v) is 4.36. The molecule has 0 saturated carbocycles. The number of anilines is 1. The number of terminal acetylenes is 1. The highest BCUT2D eigenvalue weighted by atomic mass is 35.5. The molecule has 2 heterocycles. The summed E-state index contributed by atoms with van der Waals surface area (Å²) in [6.07, 6.45) is 6.78. The van der Waals surface area contributed by atoms with Crippen molar-refractivity contribution in [3.63, 3.8) is 0 Å². The van der Waals surface area contributed by atoms with Gasteiger partial charge in [-0.1, -0.05) is 17.5 Å². The third-order valence-corrected chi connectivity index (χ3v) is 1.87. The summed E-state index contributed by atoms with van der Waals surface area (Å²) in [6, 6.07) is 3.55. The molecule has 0 aromatic carbocycles. The highest BCUT2D eigenvalue weighted by Gasteiger charge is 2.01. The Balaban J connectivity index is 2.37. The van der Waals surface area contributed by atoms with Gasteiger partial charge in [-0.15, -0.1) is 11.5 Å². The van der Waals surface area contributed by atoms with Crippen molar-refractivity contribution in [2.45, 2.75) is 0 Å². The highest BCUT2D eigenvalue weighted by molar-refractivity contribution is 6.30. The van der Waals surface area contributed by atoms with Gasteiger partial charge in [0.25, 0.3) is 0 Å². The zero-order valence-corrected chi connectivity index (χ0v) is 7.99. The molecule has 2 aromatic rings. The van der Waals surface area contributed by atoms with Crippen molar-refractivity contribution in [3.8, 4) is 12.3 Å². The molecule has 0 aliphatic carbocycles. The summed E-state index contributed by atoms with van der Waals surface area (Å²) >= 11 is 5.79. The van der Waals surface area contributed by atoms with E-state index in [1.54, 1.807) is 22.8 Å². The van der Waals surface area contributed by atoms with Crippen LogP contribution < -0.4 is 5.32 Å². The van der Waals surface area contributed by atoms with Crippen molar-refractivity contribution < 1.29 is 0 Å². The second-order valence-electron chi connectivity index (χ2n) is 2.64. The SMILES string of the molecule is C#CCNc1nc2ccc(Cl)cn2n1. The number of fused-ring (bicyclic) bond motifs is 1. The van der Waals surface area contributed by atoms with E-state index >= 15 is 0 Å². The third-order valence-electron chi connectivity index (χ3n) is 1.64. The molecule has 5 heteroatoms. The third kappa shape index (κ3) is 1.63. The molecule has 70 valence electrons. The number of rotatable bonds is 2. The number of nitrogens with zero attached hydrogens (tertiary/aromatic N) is 3. The van der Waals surface area contributed by atoms with Crippen LogP contribution in [0.15, 0.2) is 18.3 Å². The lowest BCUT2D eigenvalue weighted by Gasteiger charge is -1.91. The average molecular weight is 207 g/mol. The van der Waals surface area contributed by atoms with Crippen LogP contribution in [0.4, 0.5) is 5.95 Å². The molecule has 2 rings (SSSR count). The second kappa shape index (κ2) is 3.56. The zero-order valence-electron chi connectivity index (χ0n) is 7.24. The molecule has 0 unspecified atom stereocenters. The van der Waals surface area contributed by atoms with Crippen LogP contribution in [-0.2, 0) is 0 Å². The van der Waals surface area contributed by atoms with E-state index in [9.17, 15) is 0 Å². The molecule has 0 saturated heterocycles. The van der Waals surface area contributed by atoms with Gasteiger partial charge in [0.15, 0.2) is 5.65 Å². The van der Waals surface area contributed by atoms with Gasteiger partial charge < -0.3 is 5.32 Å². The Labute approximate surface area is 85.9 Å². The van der Waals surface area contributed by atoms with Gasteiger partial charge in [0.2, 0.25) is 5.95 Å². The summed E-state index contributed by atoms with van der Waals surface area (Å²) in [7, 11) is 0. The number of halogens is 1. The van der Waals surface area contributed by atoms with E-state index in [2.05, 4.69) is 21.3 Å². The number of nitrogens with one attached hydrogen (secondary N) is 1. The van der Waals surface area contributed by atoms with Crippen molar-refractivity contribution in [3.05, 3.63) is 23.4 Å². The van der Waals surface area contributed by atoms with E-state index in [-0.39, 0.29) is 0 Å². The molecular formula is C9H7ClN4. The lowest BCUT2D eigenvalue weighted by atomic mass is 10.5. The average Bonchev–Trinajstić information content (AvgIpc) is 2.56. The van der Waals surface area contributed by atoms with E-state index in [1.807, 2.05) is 0 Å². The topological polar surface area (TPSA) is 42.2 Å². The van der Waals surface area contributed by atoms with Gasteiger partial charge >= 0.3 is 0 Å². The van der Waals surface area contributed by atoms with Crippen LogP contribution in [0.25, 0.3) is 5.65 Å². The summed E-state index contributed by atoms with van der Waals surface area (Å²) in [5, 5.41) is 7.62. The minimum atomic E-state index is 0.407. The minimum Gasteiger partial charge on any atom is -0.342 e. The maximum atomic E-state index is 5.79. The van der Waals surface area contributed by atoms with Crippen LogP contribution in [0.5, 0.6) is 0 Å². The van der Waals surface area contributed by atoms with Crippen molar-refractivity contribution in [2.75, 3.05) is 11.9 Å². The van der Waals surface area contributed by atoms with E-state index in [4.69, 9.17) is 18.0 Å². The lowest BCUT2D eigenvalue weighted by Crippen LogP contribution is -2.00. The Morgan fingerprint density at radius 2 is 2.43 bits per heavy atom. The highest BCUT2D eigenvalue weighted by Crippen LogP contribution is 2.10. The quantitative estimate of drug-likeness (QED) is 0.756. The van der Waals surface area contributed by atoms with Crippen molar-refractivity contribution in [1.82, 2.24) is 14.6 Å². The van der Waals surface area contributed by atoms with E-state index in [0.29, 0.717) is 17.5 Å². The standard InChI is InChI=1S/C9H7ClN4/c1-2-5-11-9-12-8-4-3-7(10)6-14(8)13-9/h1,3-4,6H,5H2,(H,11,13). The second-order valence-corrected chi connectivity index (χ2v) is 3.08. The molecule has 1 N–H and O–H groups in total. The van der Waals surface area contributed by atoms with Crippen LogP contribution in [0.2, 0.25) is 5.02 Å². The fourth-order valence-corrected chi connectivity index (χ4v) is 1.22. The molecule has 0 aliphatic rings. The molecule has 0 radical (unpaired) electrons. The first-order chi connectivity index (χ1) is 6.79. The van der Waals surface area contributed by atoms with Crippen LogP contribution >= 0.6 is 11.6 Å². The van der Waals surface area contributed by atoms with Crippen molar-refractivity contribution in [2.24, 2.45) is 0 Å². The van der Waals surface area contributed by atoms with Gasteiger partial charge in [0, 0.05) is 6.20 Å². The zero-order chi connectivity index (χ0) is 9.97. The molecule has 2 aromatic heterocycles. The molecule has 0 atom stereocenters. The fourth-order valence-electron chi connectivity index (χ4n) is 1.06. The van der Waals surface area contributed by atoms with E-state index < -0.39 is 0 Å². The Hall–Kier alpha value is -1.73. The minimum absolute atomic E-state index is 0.407. The number of hydrogen-bond acceptors (Lipinski definition) is 3. The maximum absolute atomic E-state index is 5.79. The van der Waals surface area contributed by atoms with Crippen molar-refractivity contribution >= 4 is 23.2 Å². The Morgan fingerprint density at radius 3 is 3.21 bits per heavy atom. The Bertz CT molecular complexity index is 497.